The second-order valence-corrected chi connectivity index (χ2v) is 5.75. The number of nitrogens with zero attached hydrogens (tertiary/aromatic N) is 1. The fraction of sp³-hybridized carbons (Fsp3) is 0.333. The van der Waals surface area contributed by atoms with E-state index in [0.717, 1.165) is 11.1 Å². The van der Waals surface area contributed by atoms with E-state index in [1.165, 1.54) is 0 Å². The molecule has 0 bridgehead atoms. The van der Waals surface area contributed by atoms with E-state index in [9.17, 15) is 10.1 Å². The smallest absolute Gasteiger partial charge is 0.338 e. The van der Waals surface area contributed by atoms with E-state index in [2.05, 4.69) is 6.07 Å². The lowest BCUT2D eigenvalue weighted by molar-refractivity contribution is -0.139. The molecule has 1 aromatic rings. The molecule has 24 heavy (non-hydrogen) atoms. The van der Waals surface area contributed by atoms with E-state index < -0.39 is 11.9 Å². The summed E-state index contributed by atoms with van der Waals surface area (Å²) in [5, 5.41) is 10.2. The summed E-state index contributed by atoms with van der Waals surface area (Å²) in [5.74, 6) is -0.802. The van der Waals surface area contributed by atoms with Gasteiger partial charge in [0, 0.05) is 5.02 Å². The Balaban J connectivity index is 2.69. The second kappa shape index (κ2) is 7.41. The van der Waals surface area contributed by atoms with Gasteiger partial charge >= 0.3 is 5.97 Å². The van der Waals surface area contributed by atoms with E-state index in [1.807, 2.05) is 19.1 Å². The Morgan fingerprint density at radius 3 is 2.75 bits per heavy atom. The molecule has 5 nitrogen and oxygen atoms in total. The Morgan fingerprint density at radius 2 is 2.17 bits per heavy atom. The molecule has 0 saturated heterocycles. The minimum Gasteiger partial charge on any atom is -0.463 e. The zero-order valence-electron chi connectivity index (χ0n) is 13.9. The number of esters is 1. The zero-order chi connectivity index (χ0) is 17.9. The summed E-state index contributed by atoms with van der Waals surface area (Å²) in [6.45, 7) is 5.57. The topological polar surface area (TPSA) is 85.3 Å². The van der Waals surface area contributed by atoms with Crippen LogP contribution in [-0.4, -0.2) is 12.6 Å². The van der Waals surface area contributed by atoms with Crippen molar-refractivity contribution in [3.63, 3.8) is 0 Å². The number of ether oxygens (including phenoxy) is 2. The van der Waals surface area contributed by atoms with E-state index in [4.69, 9.17) is 26.8 Å². The number of nitriles is 1. The average molecular weight is 347 g/mol. The fourth-order valence-electron chi connectivity index (χ4n) is 2.83. The fourth-order valence-corrected chi connectivity index (χ4v) is 3.02. The van der Waals surface area contributed by atoms with E-state index in [1.54, 1.807) is 19.9 Å². The predicted octanol–water partition coefficient (Wildman–Crippen LogP) is 3.55. The van der Waals surface area contributed by atoms with Gasteiger partial charge in [-0.15, -0.1) is 0 Å². The summed E-state index contributed by atoms with van der Waals surface area (Å²) in [4.78, 5) is 12.5. The van der Waals surface area contributed by atoms with Crippen molar-refractivity contribution in [2.45, 2.75) is 33.1 Å². The number of carbonyl (C=O) groups excluding carboxylic acids is 1. The minimum absolute atomic E-state index is 0.00468. The number of hydrogen-bond acceptors (Lipinski definition) is 5. The maximum absolute atomic E-state index is 12.5. The SMILES string of the molecule is CCOC(=O)C1=C(C)OC(N)=C(C#N)C1c1ccc(Cl)cc1CC. The molecule has 1 unspecified atom stereocenters. The van der Waals surface area contributed by atoms with Crippen LogP contribution in [0.1, 0.15) is 37.8 Å². The molecule has 2 rings (SSSR count). The first-order valence-electron chi connectivity index (χ1n) is 7.68. The molecular weight excluding hydrogens is 328 g/mol. The van der Waals surface area contributed by atoms with Gasteiger partial charge in [0.25, 0.3) is 0 Å². The number of allylic oxidation sites excluding steroid dienone is 2. The standard InChI is InChI=1S/C18H19ClN2O3/c1-4-11-8-12(19)6-7-13(11)16-14(9-20)17(21)24-10(3)15(16)18(22)23-5-2/h6-8,16H,4-5,21H2,1-3H3. The number of nitrogens with two attached hydrogens (primary N) is 1. The Morgan fingerprint density at radius 1 is 1.46 bits per heavy atom. The first kappa shape index (κ1) is 17.9. The summed E-state index contributed by atoms with van der Waals surface area (Å²) in [5.41, 5.74) is 8.11. The van der Waals surface area contributed by atoms with Crippen molar-refractivity contribution < 1.29 is 14.3 Å². The Labute approximate surface area is 146 Å². The van der Waals surface area contributed by atoms with Gasteiger partial charge in [-0.25, -0.2) is 4.79 Å². The Bertz CT molecular complexity index is 775. The van der Waals surface area contributed by atoms with Gasteiger partial charge in [-0.05, 0) is 43.5 Å². The maximum atomic E-state index is 12.5. The monoisotopic (exact) mass is 346 g/mol. The van der Waals surface area contributed by atoms with Crippen LogP contribution in [0.2, 0.25) is 5.02 Å². The maximum Gasteiger partial charge on any atom is 0.338 e. The molecule has 1 aromatic carbocycles. The Hall–Kier alpha value is -2.45. The summed E-state index contributed by atoms with van der Waals surface area (Å²) in [7, 11) is 0. The molecule has 0 amide bonds. The largest absolute Gasteiger partial charge is 0.463 e. The lowest BCUT2D eigenvalue weighted by atomic mass is 9.80. The predicted molar refractivity (Wildman–Crippen MR) is 90.8 cm³/mol. The first-order valence-corrected chi connectivity index (χ1v) is 8.06. The molecular formula is C18H19ClN2O3. The van der Waals surface area contributed by atoms with Crippen LogP contribution >= 0.6 is 11.6 Å². The molecule has 0 aromatic heterocycles. The molecule has 6 heteroatoms. The van der Waals surface area contributed by atoms with Crippen LogP contribution < -0.4 is 5.73 Å². The number of rotatable bonds is 4. The number of hydrogen-bond donors (Lipinski definition) is 1. The lowest BCUT2D eigenvalue weighted by Crippen LogP contribution is -2.26. The molecule has 1 heterocycles. The normalized spacial score (nSPS) is 17.4. The van der Waals surface area contributed by atoms with Crippen LogP contribution in [0.4, 0.5) is 0 Å². The highest BCUT2D eigenvalue weighted by atomic mass is 35.5. The molecule has 126 valence electrons. The summed E-state index contributed by atoms with van der Waals surface area (Å²) < 4.78 is 10.6. The van der Waals surface area contributed by atoms with Gasteiger partial charge in [0.1, 0.15) is 17.4 Å². The van der Waals surface area contributed by atoms with Crippen molar-refractivity contribution in [2.75, 3.05) is 6.61 Å². The van der Waals surface area contributed by atoms with Crippen molar-refractivity contribution in [3.05, 3.63) is 57.1 Å². The third-order valence-corrected chi connectivity index (χ3v) is 4.13. The molecule has 0 saturated carbocycles. The quantitative estimate of drug-likeness (QED) is 0.842. The zero-order valence-corrected chi connectivity index (χ0v) is 14.6. The third kappa shape index (κ3) is 3.24. The van der Waals surface area contributed by atoms with Crippen molar-refractivity contribution in [1.82, 2.24) is 0 Å². The first-order chi connectivity index (χ1) is 11.4. The van der Waals surface area contributed by atoms with Crippen LogP contribution in [0.25, 0.3) is 0 Å². The van der Waals surface area contributed by atoms with Gasteiger partial charge < -0.3 is 15.2 Å². The van der Waals surface area contributed by atoms with Crippen LogP contribution in [0.15, 0.2) is 41.0 Å². The van der Waals surface area contributed by atoms with Gasteiger partial charge in [0.15, 0.2) is 0 Å². The summed E-state index contributed by atoms with van der Waals surface area (Å²) >= 11 is 6.08. The van der Waals surface area contributed by atoms with Gasteiger partial charge in [-0.3, -0.25) is 0 Å². The lowest BCUT2D eigenvalue weighted by Gasteiger charge is -2.28. The van der Waals surface area contributed by atoms with E-state index in [0.29, 0.717) is 22.8 Å². The molecule has 1 aliphatic heterocycles. The highest BCUT2D eigenvalue weighted by Crippen LogP contribution is 2.41. The molecule has 1 aliphatic rings. The van der Waals surface area contributed by atoms with Crippen LogP contribution in [0.3, 0.4) is 0 Å². The average Bonchev–Trinajstić information content (AvgIpc) is 2.54. The van der Waals surface area contributed by atoms with Gasteiger partial charge in [0.2, 0.25) is 5.88 Å². The van der Waals surface area contributed by atoms with Crippen molar-refractivity contribution >= 4 is 17.6 Å². The number of aryl methyl sites for hydroxylation is 1. The van der Waals surface area contributed by atoms with Crippen molar-refractivity contribution in [1.29, 1.82) is 5.26 Å². The van der Waals surface area contributed by atoms with Crippen LogP contribution in [0, 0.1) is 11.3 Å². The molecule has 0 spiro atoms. The number of halogens is 1. The molecule has 0 fully saturated rings. The van der Waals surface area contributed by atoms with Gasteiger partial charge in [-0.1, -0.05) is 24.6 Å². The molecule has 1 atom stereocenters. The summed E-state index contributed by atoms with van der Waals surface area (Å²) in [6.07, 6.45) is 0.695. The van der Waals surface area contributed by atoms with E-state index >= 15 is 0 Å². The van der Waals surface area contributed by atoms with E-state index in [-0.39, 0.29) is 18.1 Å². The summed E-state index contributed by atoms with van der Waals surface area (Å²) in [6, 6.07) is 7.44. The van der Waals surface area contributed by atoms with Gasteiger partial charge in [-0.2, -0.15) is 5.26 Å². The molecule has 0 aliphatic carbocycles. The number of benzene rings is 1. The molecule has 0 radical (unpaired) electrons. The van der Waals surface area contributed by atoms with Gasteiger partial charge in [0.05, 0.1) is 18.1 Å². The van der Waals surface area contributed by atoms with Crippen LogP contribution in [-0.2, 0) is 20.7 Å². The van der Waals surface area contributed by atoms with Crippen molar-refractivity contribution in [2.24, 2.45) is 5.73 Å². The minimum atomic E-state index is -0.630. The Kier molecular flexibility index (Phi) is 5.53. The van der Waals surface area contributed by atoms with Crippen molar-refractivity contribution in [3.8, 4) is 6.07 Å². The highest BCUT2D eigenvalue weighted by Gasteiger charge is 2.37. The number of carbonyl (C=O) groups is 1. The molecule has 2 N–H and O–H groups in total. The van der Waals surface area contributed by atoms with Crippen LogP contribution in [0.5, 0.6) is 0 Å². The third-order valence-electron chi connectivity index (χ3n) is 3.90. The highest BCUT2D eigenvalue weighted by molar-refractivity contribution is 6.30. The second-order valence-electron chi connectivity index (χ2n) is 5.31.